The Kier molecular flexibility index (Phi) is 7.80. The highest BCUT2D eigenvalue weighted by molar-refractivity contribution is 6.01. The van der Waals surface area contributed by atoms with Gasteiger partial charge in [0.15, 0.2) is 5.75 Å². The summed E-state index contributed by atoms with van der Waals surface area (Å²) in [5.74, 6) is -0.350. The number of nitro benzene ring substituents is 1. The van der Waals surface area contributed by atoms with Crippen LogP contribution in [0.15, 0.2) is 35.9 Å². The molecule has 0 heterocycles. The summed E-state index contributed by atoms with van der Waals surface area (Å²) in [6.07, 6.45) is 1.18. The predicted octanol–water partition coefficient (Wildman–Crippen LogP) is 2.94. The molecule has 10 nitrogen and oxygen atoms in total. The van der Waals surface area contributed by atoms with E-state index in [0.717, 1.165) is 6.07 Å². The van der Waals surface area contributed by atoms with Crippen molar-refractivity contribution in [3.63, 3.8) is 0 Å². The molecule has 0 fully saturated rings. The molecule has 0 aliphatic carbocycles. The summed E-state index contributed by atoms with van der Waals surface area (Å²) in [7, 11) is 3.00. The average molecular weight is 427 g/mol. The first-order valence-corrected chi connectivity index (χ1v) is 9.09. The lowest BCUT2D eigenvalue weighted by Gasteiger charge is -2.11. The number of hydrogen-bond donors (Lipinski definition) is 2. The van der Waals surface area contributed by atoms with Gasteiger partial charge in [0.2, 0.25) is 5.75 Å². The number of ether oxygens (including phenoxy) is 3. The summed E-state index contributed by atoms with van der Waals surface area (Å²) in [4.78, 5) is 22.9. The number of phenols is 1. The van der Waals surface area contributed by atoms with E-state index >= 15 is 0 Å². The molecular weight excluding hydrogens is 406 g/mol. The van der Waals surface area contributed by atoms with Crippen LogP contribution in [-0.4, -0.2) is 36.8 Å². The summed E-state index contributed by atoms with van der Waals surface area (Å²) in [6, 6.07) is 9.21. The van der Waals surface area contributed by atoms with Crippen molar-refractivity contribution in [2.24, 2.45) is 0 Å². The number of carbonyl (C=O) groups excluding carboxylic acids is 1. The quantitative estimate of drug-likeness (QED) is 0.269. The van der Waals surface area contributed by atoms with Gasteiger partial charge in [0.1, 0.15) is 23.1 Å². The van der Waals surface area contributed by atoms with Crippen molar-refractivity contribution in [2.75, 3.05) is 20.8 Å². The fraction of sp³-hybridized carbons (Fsp3) is 0.238. The van der Waals surface area contributed by atoms with Crippen LogP contribution >= 0.6 is 0 Å². The van der Waals surface area contributed by atoms with Crippen LogP contribution in [0, 0.1) is 21.4 Å². The molecular formula is C21H21N3O7. The molecule has 0 saturated heterocycles. The van der Waals surface area contributed by atoms with Gasteiger partial charge in [0, 0.05) is 24.2 Å². The highest BCUT2D eigenvalue weighted by atomic mass is 16.6. The number of aromatic hydroxyl groups is 1. The van der Waals surface area contributed by atoms with Crippen molar-refractivity contribution in [3.05, 3.63) is 57.1 Å². The predicted molar refractivity (Wildman–Crippen MR) is 111 cm³/mol. The number of benzene rings is 2. The van der Waals surface area contributed by atoms with Crippen LogP contribution in [0.1, 0.15) is 18.1 Å². The Bertz CT molecular complexity index is 1060. The zero-order chi connectivity index (χ0) is 23.0. The van der Waals surface area contributed by atoms with Crippen LogP contribution in [0.3, 0.4) is 0 Å². The van der Waals surface area contributed by atoms with Gasteiger partial charge in [0.25, 0.3) is 5.91 Å². The van der Waals surface area contributed by atoms with Gasteiger partial charge >= 0.3 is 5.69 Å². The van der Waals surface area contributed by atoms with Gasteiger partial charge in [-0.3, -0.25) is 14.9 Å². The summed E-state index contributed by atoms with van der Waals surface area (Å²) in [5.41, 5.74) is -0.0673. The third-order valence-electron chi connectivity index (χ3n) is 4.18. The number of nitrogens with zero attached hydrogens (tertiary/aromatic N) is 2. The van der Waals surface area contributed by atoms with Gasteiger partial charge < -0.3 is 24.6 Å². The second-order valence-corrected chi connectivity index (χ2v) is 6.11. The Morgan fingerprint density at radius 1 is 1.26 bits per heavy atom. The lowest BCUT2D eigenvalue weighted by Crippen LogP contribution is -2.24. The molecule has 2 N–H and O–H groups in total. The lowest BCUT2D eigenvalue weighted by atomic mass is 10.1. The molecule has 0 spiro atoms. The molecule has 2 aromatic rings. The maximum Gasteiger partial charge on any atom is 0.315 e. The molecule has 0 saturated carbocycles. The molecule has 0 unspecified atom stereocenters. The fourth-order valence-electron chi connectivity index (χ4n) is 2.69. The highest BCUT2D eigenvalue weighted by Crippen LogP contribution is 2.37. The Balaban J connectivity index is 2.28. The van der Waals surface area contributed by atoms with Crippen molar-refractivity contribution in [1.82, 2.24) is 5.32 Å². The lowest BCUT2D eigenvalue weighted by molar-refractivity contribution is -0.386. The van der Waals surface area contributed by atoms with E-state index < -0.39 is 22.3 Å². The van der Waals surface area contributed by atoms with Crippen molar-refractivity contribution in [3.8, 4) is 29.1 Å². The van der Waals surface area contributed by atoms with Crippen molar-refractivity contribution >= 4 is 17.7 Å². The summed E-state index contributed by atoms with van der Waals surface area (Å²) in [6.45, 7) is 1.88. The van der Waals surface area contributed by atoms with Gasteiger partial charge in [-0.2, -0.15) is 5.26 Å². The number of phenolic OH excluding ortho intramolecular Hbond substituents is 1. The third kappa shape index (κ3) is 5.63. The van der Waals surface area contributed by atoms with Crippen molar-refractivity contribution in [1.29, 1.82) is 5.26 Å². The van der Waals surface area contributed by atoms with E-state index in [0.29, 0.717) is 17.1 Å². The molecule has 31 heavy (non-hydrogen) atoms. The second-order valence-electron chi connectivity index (χ2n) is 6.11. The van der Waals surface area contributed by atoms with Gasteiger partial charge in [-0.05, 0) is 36.8 Å². The molecule has 0 atom stereocenters. The minimum absolute atomic E-state index is 0.0743. The number of carbonyl (C=O) groups is 1. The normalized spacial score (nSPS) is 10.7. The molecule has 0 bridgehead atoms. The zero-order valence-electron chi connectivity index (χ0n) is 17.2. The molecule has 2 aromatic carbocycles. The van der Waals surface area contributed by atoms with Crippen LogP contribution in [0.25, 0.3) is 6.08 Å². The van der Waals surface area contributed by atoms with Gasteiger partial charge in [-0.1, -0.05) is 0 Å². The van der Waals surface area contributed by atoms with E-state index in [1.807, 2.05) is 0 Å². The van der Waals surface area contributed by atoms with Gasteiger partial charge in [-0.25, -0.2) is 0 Å². The molecule has 2 rings (SSSR count). The number of rotatable bonds is 9. The number of methoxy groups -OCH3 is 2. The molecule has 1 amide bonds. The maximum atomic E-state index is 12.5. The smallest absolute Gasteiger partial charge is 0.315 e. The zero-order valence-corrected chi connectivity index (χ0v) is 17.2. The van der Waals surface area contributed by atoms with Gasteiger partial charge in [0.05, 0.1) is 25.7 Å². The highest BCUT2D eigenvalue weighted by Gasteiger charge is 2.20. The van der Waals surface area contributed by atoms with Crippen molar-refractivity contribution < 1.29 is 29.0 Å². The molecule has 0 aromatic heterocycles. The van der Waals surface area contributed by atoms with Crippen LogP contribution in [-0.2, 0) is 11.3 Å². The maximum absolute atomic E-state index is 12.5. The first-order valence-electron chi connectivity index (χ1n) is 9.09. The third-order valence-corrected chi connectivity index (χ3v) is 4.18. The monoisotopic (exact) mass is 427 g/mol. The molecule has 10 heteroatoms. The van der Waals surface area contributed by atoms with Crippen molar-refractivity contribution in [2.45, 2.75) is 13.5 Å². The van der Waals surface area contributed by atoms with E-state index in [1.54, 1.807) is 31.2 Å². The SMILES string of the molecule is CCOc1cc(/C=C(\C#N)C(=O)NCc2ccc(OC)cc2OC)cc([N+](=O)[O-])c1O. The number of nitrogens with one attached hydrogen (secondary N) is 1. The van der Waals surface area contributed by atoms with Crippen LogP contribution in [0.5, 0.6) is 23.0 Å². The van der Waals surface area contributed by atoms with Crippen LogP contribution in [0.4, 0.5) is 5.69 Å². The number of nitriles is 1. The van der Waals surface area contributed by atoms with E-state index in [1.165, 1.54) is 26.4 Å². The molecule has 0 radical (unpaired) electrons. The number of hydrogen-bond acceptors (Lipinski definition) is 8. The Morgan fingerprint density at radius 3 is 2.58 bits per heavy atom. The number of nitro groups is 1. The van der Waals surface area contributed by atoms with Gasteiger partial charge in [-0.15, -0.1) is 0 Å². The van der Waals surface area contributed by atoms with E-state index in [9.17, 15) is 25.3 Å². The number of amides is 1. The Morgan fingerprint density at radius 2 is 2.00 bits per heavy atom. The van der Waals surface area contributed by atoms with E-state index in [-0.39, 0.29) is 30.0 Å². The molecule has 162 valence electrons. The minimum atomic E-state index is -0.780. The molecule has 0 aliphatic rings. The first kappa shape index (κ1) is 23.0. The van der Waals surface area contributed by atoms with E-state index in [4.69, 9.17) is 14.2 Å². The Hall–Kier alpha value is -4.26. The summed E-state index contributed by atoms with van der Waals surface area (Å²) < 4.78 is 15.6. The minimum Gasteiger partial charge on any atom is -0.500 e. The summed E-state index contributed by atoms with van der Waals surface area (Å²) >= 11 is 0. The fourth-order valence-corrected chi connectivity index (χ4v) is 2.69. The van der Waals surface area contributed by atoms with E-state index in [2.05, 4.69) is 5.32 Å². The first-order chi connectivity index (χ1) is 14.8. The second kappa shape index (κ2) is 10.5. The Labute approximate surface area is 178 Å². The molecule has 0 aliphatic heterocycles. The summed E-state index contributed by atoms with van der Waals surface area (Å²) in [5, 5.41) is 33.2. The largest absolute Gasteiger partial charge is 0.500 e. The topological polar surface area (TPSA) is 144 Å². The average Bonchev–Trinajstić information content (AvgIpc) is 2.77. The van der Waals surface area contributed by atoms with Crippen LogP contribution in [0.2, 0.25) is 0 Å². The standard InChI is InChI=1S/C21H21N3O7/c1-4-31-19-9-13(8-17(20(19)25)24(27)28)7-15(11-22)21(26)23-12-14-5-6-16(29-2)10-18(14)30-3/h5-10,25H,4,12H2,1-3H3,(H,23,26)/b15-7+. The van der Waals surface area contributed by atoms with Crippen LogP contribution < -0.4 is 19.5 Å².